The highest BCUT2D eigenvalue weighted by Gasteiger charge is 2.10. The first kappa shape index (κ1) is 14.6. The van der Waals surface area contributed by atoms with Crippen LogP contribution in [0.1, 0.15) is 5.56 Å². The largest absolute Gasteiger partial charge is 0.391 e. The van der Waals surface area contributed by atoms with Crippen LogP contribution in [0.2, 0.25) is 0 Å². The number of aromatic amines is 1. The van der Waals surface area contributed by atoms with E-state index in [0.29, 0.717) is 13.0 Å². The molecular formula is C18H17N5O. The molecule has 6 nitrogen and oxygen atoms in total. The molecule has 6 heteroatoms. The van der Waals surface area contributed by atoms with Crippen molar-refractivity contribution in [3.63, 3.8) is 0 Å². The fourth-order valence-corrected chi connectivity index (χ4v) is 2.76. The average Bonchev–Trinajstić information content (AvgIpc) is 3.24. The third kappa shape index (κ3) is 3.04. The Morgan fingerprint density at radius 3 is 2.92 bits per heavy atom. The molecule has 0 spiro atoms. The van der Waals surface area contributed by atoms with Crippen molar-refractivity contribution < 1.29 is 5.11 Å². The van der Waals surface area contributed by atoms with Crippen LogP contribution in [0.25, 0.3) is 22.3 Å². The Morgan fingerprint density at radius 1 is 1.17 bits per heavy atom. The van der Waals surface area contributed by atoms with E-state index in [1.807, 2.05) is 54.9 Å². The summed E-state index contributed by atoms with van der Waals surface area (Å²) in [7, 11) is 0. The average molecular weight is 319 g/mol. The predicted octanol–water partition coefficient (Wildman–Crippen LogP) is 2.42. The molecule has 0 aliphatic heterocycles. The minimum atomic E-state index is -0.508. The monoisotopic (exact) mass is 319 g/mol. The van der Waals surface area contributed by atoms with E-state index in [9.17, 15) is 5.11 Å². The quantitative estimate of drug-likeness (QED) is 0.592. The number of nitrogens with zero attached hydrogens (tertiary/aromatic N) is 4. The molecule has 0 amide bonds. The maximum atomic E-state index is 10.2. The van der Waals surface area contributed by atoms with Crippen molar-refractivity contribution in [2.75, 3.05) is 0 Å². The molecule has 0 saturated heterocycles. The van der Waals surface area contributed by atoms with E-state index in [-0.39, 0.29) is 0 Å². The third-order valence-corrected chi connectivity index (χ3v) is 3.94. The highest BCUT2D eigenvalue weighted by atomic mass is 16.3. The lowest BCUT2D eigenvalue weighted by atomic mass is 10.1. The number of rotatable bonds is 5. The van der Waals surface area contributed by atoms with Crippen LogP contribution in [-0.4, -0.2) is 36.2 Å². The molecular weight excluding hydrogens is 302 g/mol. The summed E-state index contributed by atoms with van der Waals surface area (Å²) in [5.41, 5.74) is 4.63. The van der Waals surface area contributed by atoms with Gasteiger partial charge in [-0.3, -0.25) is 4.98 Å². The number of nitrogens with one attached hydrogen (secondary N) is 1. The molecule has 0 bridgehead atoms. The molecule has 4 aromatic rings. The van der Waals surface area contributed by atoms with Gasteiger partial charge in [0, 0.05) is 24.4 Å². The summed E-state index contributed by atoms with van der Waals surface area (Å²) in [6, 6.07) is 13.8. The summed E-state index contributed by atoms with van der Waals surface area (Å²) < 4.78 is 1.67. The van der Waals surface area contributed by atoms with Gasteiger partial charge in [0.25, 0.3) is 0 Å². The van der Waals surface area contributed by atoms with Crippen molar-refractivity contribution in [2.45, 2.75) is 19.1 Å². The van der Waals surface area contributed by atoms with E-state index in [4.69, 9.17) is 0 Å². The SMILES string of the molecule is O[C@@H](Cc1ccccc1)Cn1cc(-c2cnc3cc[nH]c3c2)nn1. The Kier molecular flexibility index (Phi) is 3.80. The van der Waals surface area contributed by atoms with Crippen LogP contribution in [0.15, 0.2) is 61.1 Å². The van der Waals surface area contributed by atoms with Gasteiger partial charge in [0.2, 0.25) is 0 Å². The molecule has 0 aliphatic rings. The third-order valence-electron chi connectivity index (χ3n) is 3.94. The molecule has 3 heterocycles. The number of fused-ring (bicyclic) bond motifs is 1. The van der Waals surface area contributed by atoms with Crippen molar-refractivity contribution in [1.82, 2.24) is 25.0 Å². The molecule has 24 heavy (non-hydrogen) atoms. The Labute approximate surface area is 138 Å². The zero-order valence-electron chi connectivity index (χ0n) is 13.0. The first-order valence-corrected chi connectivity index (χ1v) is 7.83. The number of hydrogen-bond acceptors (Lipinski definition) is 4. The fraction of sp³-hybridized carbons (Fsp3) is 0.167. The van der Waals surface area contributed by atoms with E-state index in [1.165, 1.54) is 0 Å². The summed E-state index contributed by atoms with van der Waals surface area (Å²) in [6.45, 7) is 0.403. The topological polar surface area (TPSA) is 79.6 Å². The summed E-state index contributed by atoms with van der Waals surface area (Å²) in [5.74, 6) is 0. The van der Waals surface area contributed by atoms with Gasteiger partial charge in [-0.2, -0.15) is 0 Å². The summed E-state index contributed by atoms with van der Waals surface area (Å²) in [4.78, 5) is 7.52. The molecule has 0 aliphatic carbocycles. The Hall–Kier alpha value is -2.99. The van der Waals surface area contributed by atoms with Crippen molar-refractivity contribution in [2.24, 2.45) is 0 Å². The lowest BCUT2D eigenvalue weighted by Crippen LogP contribution is -2.19. The number of aliphatic hydroxyl groups excluding tert-OH is 1. The standard InChI is InChI=1S/C18H17N5O/c24-15(8-13-4-2-1-3-5-13)11-23-12-18(21-22-23)14-9-17-16(20-10-14)6-7-19-17/h1-7,9-10,12,15,19,24H,8,11H2/t15-/m0/s1. The number of aliphatic hydroxyl groups is 1. The number of benzene rings is 1. The Morgan fingerprint density at radius 2 is 2.04 bits per heavy atom. The van der Waals surface area contributed by atoms with Gasteiger partial charge in [-0.15, -0.1) is 5.10 Å². The van der Waals surface area contributed by atoms with Crippen LogP contribution in [0.5, 0.6) is 0 Å². The number of hydrogen-bond donors (Lipinski definition) is 2. The van der Waals surface area contributed by atoms with Gasteiger partial charge in [-0.1, -0.05) is 35.5 Å². The van der Waals surface area contributed by atoms with E-state index in [2.05, 4.69) is 20.3 Å². The molecule has 2 N–H and O–H groups in total. The van der Waals surface area contributed by atoms with Gasteiger partial charge in [0.1, 0.15) is 5.69 Å². The number of pyridine rings is 1. The van der Waals surface area contributed by atoms with Crippen LogP contribution >= 0.6 is 0 Å². The van der Waals surface area contributed by atoms with Gasteiger partial charge < -0.3 is 10.1 Å². The second kappa shape index (κ2) is 6.25. The first-order valence-electron chi connectivity index (χ1n) is 7.83. The van der Waals surface area contributed by atoms with Gasteiger partial charge in [0.15, 0.2) is 0 Å². The molecule has 3 aromatic heterocycles. The molecule has 1 aromatic carbocycles. The molecule has 0 radical (unpaired) electrons. The molecule has 0 saturated carbocycles. The van der Waals surface area contributed by atoms with Crippen molar-refractivity contribution in [1.29, 1.82) is 0 Å². The summed E-state index contributed by atoms with van der Waals surface area (Å²) >= 11 is 0. The van der Waals surface area contributed by atoms with Gasteiger partial charge in [-0.25, -0.2) is 4.68 Å². The Balaban J connectivity index is 1.48. The number of aromatic nitrogens is 5. The van der Waals surface area contributed by atoms with Gasteiger partial charge in [0.05, 0.1) is 29.9 Å². The second-order valence-electron chi connectivity index (χ2n) is 5.80. The van der Waals surface area contributed by atoms with E-state index in [1.54, 1.807) is 10.9 Å². The minimum absolute atomic E-state index is 0.403. The van der Waals surface area contributed by atoms with Gasteiger partial charge in [-0.05, 0) is 17.7 Å². The molecule has 0 fully saturated rings. The van der Waals surface area contributed by atoms with Crippen LogP contribution < -0.4 is 0 Å². The van der Waals surface area contributed by atoms with Crippen LogP contribution in [0, 0.1) is 0 Å². The first-order chi connectivity index (χ1) is 11.8. The second-order valence-corrected chi connectivity index (χ2v) is 5.80. The molecule has 0 unspecified atom stereocenters. The normalized spacial score (nSPS) is 12.5. The van der Waals surface area contributed by atoms with E-state index < -0.39 is 6.10 Å². The highest BCUT2D eigenvalue weighted by molar-refractivity contribution is 5.79. The lowest BCUT2D eigenvalue weighted by molar-refractivity contribution is 0.148. The number of H-pyrrole nitrogens is 1. The molecule has 4 rings (SSSR count). The highest BCUT2D eigenvalue weighted by Crippen LogP contribution is 2.19. The van der Waals surface area contributed by atoms with Crippen LogP contribution in [0.3, 0.4) is 0 Å². The maximum Gasteiger partial charge on any atom is 0.114 e. The zero-order valence-corrected chi connectivity index (χ0v) is 13.0. The van der Waals surface area contributed by atoms with Crippen LogP contribution in [-0.2, 0) is 13.0 Å². The molecule has 120 valence electrons. The van der Waals surface area contributed by atoms with Crippen molar-refractivity contribution in [3.05, 3.63) is 66.6 Å². The molecule has 1 atom stereocenters. The van der Waals surface area contributed by atoms with Gasteiger partial charge >= 0.3 is 0 Å². The van der Waals surface area contributed by atoms with Crippen molar-refractivity contribution in [3.8, 4) is 11.3 Å². The fourth-order valence-electron chi connectivity index (χ4n) is 2.76. The predicted molar refractivity (Wildman–Crippen MR) is 91.3 cm³/mol. The maximum absolute atomic E-state index is 10.2. The van der Waals surface area contributed by atoms with E-state index >= 15 is 0 Å². The zero-order chi connectivity index (χ0) is 16.4. The summed E-state index contributed by atoms with van der Waals surface area (Å²) in [6.07, 6.45) is 5.56. The van der Waals surface area contributed by atoms with E-state index in [0.717, 1.165) is 27.9 Å². The van der Waals surface area contributed by atoms with Crippen LogP contribution in [0.4, 0.5) is 0 Å². The summed E-state index contributed by atoms with van der Waals surface area (Å²) in [5, 5.41) is 18.5. The lowest BCUT2D eigenvalue weighted by Gasteiger charge is -2.09. The minimum Gasteiger partial charge on any atom is -0.391 e. The smallest absolute Gasteiger partial charge is 0.114 e. The van der Waals surface area contributed by atoms with Crippen molar-refractivity contribution >= 4 is 11.0 Å². The Bertz CT molecular complexity index is 944.